The van der Waals surface area contributed by atoms with Gasteiger partial charge in [-0.15, -0.1) is 11.3 Å². The minimum absolute atomic E-state index is 0.0419. The summed E-state index contributed by atoms with van der Waals surface area (Å²) in [6, 6.07) is 10.2. The van der Waals surface area contributed by atoms with E-state index in [0.29, 0.717) is 18.8 Å². The van der Waals surface area contributed by atoms with Gasteiger partial charge in [0.05, 0.1) is 6.10 Å². The third-order valence-electron chi connectivity index (χ3n) is 4.06. The number of nitrogens with zero attached hydrogens (tertiary/aromatic N) is 1. The molecule has 2 aromatic rings. The molecule has 1 amide bonds. The molecule has 1 fully saturated rings. The molecule has 5 nitrogen and oxygen atoms in total. The number of hydrogen-bond donors (Lipinski definition) is 2. The number of nitrogens with one attached hydrogen (secondary N) is 1. The highest BCUT2D eigenvalue weighted by atomic mass is 32.1. The Kier molecular flexibility index (Phi) is 5.38. The van der Waals surface area contributed by atoms with Crippen LogP contribution in [0.2, 0.25) is 0 Å². The van der Waals surface area contributed by atoms with E-state index in [1.165, 1.54) is 16.9 Å². The number of ether oxygens (including phenoxy) is 1. The molecule has 1 aliphatic rings. The largest absolute Gasteiger partial charge is 0.373 e. The van der Waals surface area contributed by atoms with Crippen LogP contribution in [0.1, 0.15) is 40.0 Å². The van der Waals surface area contributed by atoms with E-state index in [0.717, 1.165) is 24.5 Å². The fraction of sp³-hybridized carbons (Fsp3) is 0.412. The van der Waals surface area contributed by atoms with Gasteiger partial charge in [-0.1, -0.05) is 30.3 Å². The highest BCUT2D eigenvalue weighted by molar-refractivity contribution is 7.09. The maximum Gasteiger partial charge on any atom is 0.270 e. The van der Waals surface area contributed by atoms with Crippen LogP contribution in [0, 0.1) is 5.92 Å². The Labute approximate surface area is 139 Å². The maximum absolute atomic E-state index is 12.2. The number of amides is 1. The maximum atomic E-state index is 12.2. The van der Waals surface area contributed by atoms with Gasteiger partial charge in [-0.3, -0.25) is 4.79 Å². The van der Waals surface area contributed by atoms with Crippen molar-refractivity contribution in [2.75, 3.05) is 13.2 Å². The summed E-state index contributed by atoms with van der Waals surface area (Å²) < 4.78 is 5.95. The fourth-order valence-corrected chi connectivity index (χ4v) is 3.54. The van der Waals surface area contributed by atoms with Gasteiger partial charge in [0, 0.05) is 31.0 Å². The van der Waals surface area contributed by atoms with Gasteiger partial charge < -0.3 is 15.8 Å². The Bertz CT molecular complexity index is 644. The molecule has 1 aromatic heterocycles. The van der Waals surface area contributed by atoms with Crippen molar-refractivity contribution in [3.8, 4) is 0 Å². The average molecular weight is 331 g/mol. The lowest BCUT2D eigenvalue weighted by Crippen LogP contribution is -2.35. The van der Waals surface area contributed by atoms with E-state index in [9.17, 15) is 4.79 Å². The molecule has 3 N–H and O–H groups in total. The van der Waals surface area contributed by atoms with Gasteiger partial charge in [0.2, 0.25) is 0 Å². The number of thiazole rings is 1. The van der Waals surface area contributed by atoms with Gasteiger partial charge in [-0.05, 0) is 18.4 Å². The third kappa shape index (κ3) is 3.96. The molecule has 0 spiro atoms. The summed E-state index contributed by atoms with van der Waals surface area (Å²) in [6.07, 6.45) is 2.11. The Balaban J connectivity index is 1.62. The molecule has 1 aliphatic heterocycles. The standard InChI is InChI=1S/C17H21N3O2S/c18-9-15-20-14(11-23-15)17(21)19-10-13-7-4-8-22-16(13)12-5-2-1-3-6-12/h1-3,5-6,11,13,16H,4,7-10,18H2,(H,19,21). The van der Waals surface area contributed by atoms with Crippen LogP contribution in [0.25, 0.3) is 0 Å². The molecule has 2 heterocycles. The smallest absolute Gasteiger partial charge is 0.270 e. The highest BCUT2D eigenvalue weighted by Gasteiger charge is 2.27. The van der Waals surface area contributed by atoms with Crippen molar-refractivity contribution in [1.29, 1.82) is 0 Å². The molecule has 0 bridgehead atoms. The van der Waals surface area contributed by atoms with E-state index in [2.05, 4.69) is 22.4 Å². The molecule has 1 saturated heterocycles. The number of carbonyl (C=O) groups excluding carboxylic acids is 1. The zero-order chi connectivity index (χ0) is 16.1. The highest BCUT2D eigenvalue weighted by Crippen LogP contribution is 2.33. The Morgan fingerprint density at radius 3 is 2.96 bits per heavy atom. The lowest BCUT2D eigenvalue weighted by Gasteiger charge is -2.32. The lowest BCUT2D eigenvalue weighted by atomic mass is 9.89. The number of benzene rings is 1. The molecule has 0 saturated carbocycles. The van der Waals surface area contributed by atoms with Gasteiger partial charge in [-0.25, -0.2) is 4.98 Å². The second kappa shape index (κ2) is 7.68. The number of hydrogen-bond acceptors (Lipinski definition) is 5. The molecule has 0 radical (unpaired) electrons. The minimum Gasteiger partial charge on any atom is -0.373 e. The van der Waals surface area contributed by atoms with Crippen LogP contribution in [-0.4, -0.2) is 24.0 Å². The van der Waals surface area contributed by atoms with Gasteiger partial charge in [-0.2, -0.15) is 0 Å². The Morgan fingerprint density at radius 2 is 2.22 bits per heavy atom. The minimum atomic E-state index is -0.140. The number of rotatable bonds is 5. The number of carbonyl (C=O) groups is 1. The summed E-state index contributed by atoms with van der Waals surface area (Å²) in [7, 11) is 0. The van der Waals surface area contributed by atoms with Gasteiger partial charge in [0.25, 0.3) is 5.91 Å². The molecule has 23 heavy (non-hydrogen) atoms. The predicted octanol–water partition coefficient (Wildman–Crippen LogP) is 2.50. The monoisotopic (exact) mass is 331 g/mol. The summed E-state index contributed by atoms with van der Waals surface area (Å²) >= 11 is 1.42. The van der Waals surface area contributed by atoms with Crippen LogP contribution in [0.3, 0.4) is 0 Å². The van der Waals surface area contributed by atoms with Crippen molar-refractivity contribution < 1.29 is 9.53 Å². The molecule has 0 aliphatic carbocycles. The van der Waals surface area contributed by atoms with E-state index in [-0.39, 0.29) is 17.9 Å². The molecule has 122 valence electrons. The van der Waals surface area contributed by atoms with E-state index in [1.54, 1.807) is 5.38 Å². The number of aromatic nitrogens is 1. The van der Waals surface area contributed by atoms with Crippen molar-refractivity contribution in [2.24, 2.45) is 11.7 Å². The van der Waals surface area contributed by atoms with Crippen LogP contribution in [-0.2, 0) is 11.3 Å². The zero-order valence-corrected chi connectivity index (χ0v) is 13.7. The molecule has 3 rings (SSSR count). The summed E-state index contributed by atoms with van der Waals surface area (Å²) in [4.78, 5) is 16.4. The first-order chi connectivity index (χ1) is 11.3. The normalized spacial score (nSPS) is 21.1. The van der Waals surface area contributed by atoms with Crippen molar-refractivity contribution in [3.05, 3.63) is 52.0 Å². The van der Waals surface area contributed by atoms with Gasteiger partial charge in [0.1, 0.15) is 10.7 Å². The summed E-state index contributed by atoms with van der Waals surface area (Å²) in [5, 5.41) is 5.52. The first-order valence-corrected chi connectivity index (χ1v) is 8.75. The topological polar surface area (TPSA) is 77.2 Å². The molecule has 1 aromatic carbocycles. The summed E-state index contributed by atoms with van der Waals surface area (Å²) in [6.45, 7) is 1.73. The van der Waals surface area contributed by atoms with Gasteiger partial charge >= 0.3 is 0 Å². The van der Waals surface area contributed by atoms with Crippen LogP contribution in [0.15, 0.2) is 35.7 Å². The third-order valence-corrected chi connectivity index (χ3v) is 4.93. The molecule has 2 unspecified atom stereocenters. The van der Waals surface area contributed by atoms with E-state index in [4.69, 9.17) is 10.5 Å². The molecular formula is C17H21N3O2S. The SMILES string of the molecule is NCc1nc(C(=O)NCC2CCCOC2c2ccccc2)cs1. The Hall–Kier alpha value is -1.76. The summed E-state index contributed by atoms with van der Waals surface area (Å²) in [5.41, 5.74) is 7.16. The van der Waals surface area contributed by atoms with Gasteiger partial charge in [0.15, 0.2) is 0 Å². The molecule has 6 heteroatoms. The van der Waals surface area contributed by atoms with Crippen molar-refractivity contribution in [1.82, 2.24) is 10.3 Å². The average Bonchev–Trinajstić information content (AvgIpc) is 3.10. The van der Waals surface area contributed by atoms with Crippen molar-refractivity contribution in [2.45, 2.75) is 25.5 Å². The second-order valence-electron chi connectivity index (χ2n) is 5.65. The molecular weight excluding hydrogens is 310 g/mol. The van der Waals surface area contributed by atoms with Crippen LogP contribution in [0.4, 0.5) is 0 Å². The van der Waals surface area contributed by atoms with Crippen LogP contribution in [0.5, 0.6) is 0 Å². The molecule has 2 atom stereocenters. The summed E-state index contributed by atoms with van der Waals surface area (Å²) in [5.74, 6) is 0.140. The number of nitrogens with two attached hydrogens (primary N) is 1. The zero-order valence-electron chi connectivity index (χ0n) is 12.9. The van der Waals surface area contributed by atoms with E-state index >= 15 is 0 Å². The fourth-order valence-electron chi connectivity index (χ4n) is 2.89. The predicted molar refractivity (Wildman–Crippen MR) is 90.2 cm³/mol. The van der Waals surface area contributed by atoms with E-state index in [1.807, 2.05) is 18.2 Å². The lowest BCUT2D eigenvalue weighted by molar-refractivity contribution is -0.0272. The van der Waals surface area contributed by atoms with Crippen molar-refractivity contribution >= 4 is 17.2 Å². The Morgan fingerprint density at radius 1 is 1.39 bits per heavy atom. The van der Waals surface area contributed by atoms with Crippen LogP contribution < -0.4 is 11.1 Å². The second-order valence-corrected chi connectivity index (χ2v) is 6.59. The first-order valence-electron chi connectivity index (χ1n) is 7.87. The van der Waals surface area contributed by atoms with E-state index < -0.39 is 0 Å². The first kappa shape index (κ1) is 16.1. The quantitative estimate of drug-likeness (QED) is 0.882. The van der Waals surface area contributed by atoms with Crippen LogP contribution >= 0.6 is 11.3 Å². The van der Waals surface area contributed by atoms with Crippen molar-refractivity contribution in [3.63, 3.8) is 0 Å².